The molecule has 0 aliphatic carbocycles. The van der Waals surface area contributed by atoms with Crippen molar-refractivity contribution in [3.8, 4) is 10.7 Å². The van der Waals surface area contributed by atoms with Gasteiger partial charge in [-0.05, 0) is 40.9 Å². The Hall–Kier alpha value is -1.25. The lowest BCUT2D eigenvalue weighted by Crippen LogP contribution is -2.30. The fourth-order valence-electron chi connectivity index (χ4n) is 2.51. The molecule has 22 heavy (non-hydrogen) atoms. The molecule has 2 aromatic heterocycles. The van der Waals surface area contributed by atoms with Gasteiger partial charge in [0.25, 0.3) is 0 Å². The molecule has 1 fully saturated rings. The Morgan fingerprint density at radius 1 is 1.59 bits per heavy atom. The van der Waals surface area contributed by atoms with Crippen molar-refractivity contribution in [1.29, 1.82) is 0 Å². The second-order valence-electron chi connectivity index (χ2n) is 5.37. The number of carbonyl (C=O) groups is 1. The van der Waals surface area contributed by atoms with E-state index in [4.69, 9.17) is 10.3 Å². The van der Waals surface area contributed by atoms with Gasteiger partial charge in [-0.3, -0.25) is 4.79 Å². The van der Waals surface area contributed by atoms with Crippen LogP contribution in [-0.4, -0.2) is 40.6 Å². The summed E-state index contributed by atoms with van der Waals surface area (Å²) in [6.07, 6.45) is 1.87. The number of thiophene rings is 1. The van der Waals surface area contributed by atoms with E-state index in [1.54, 1.807) is 11.3 Å². The van der Waals surface area contributed by atoms with Crippen LogP contribution in [-0.2, 0) is 11.2 Å². The number of halogens is 1. The fourth-order valence-corrected chi connectivity index (χ4v) is 3.86. The van der Waals surface area contributed by atoms with Gasteiger partial charge < -0.3 is 15.2 Å². The van der Waals surface area contributed by atoms with Gasteiger partial charge in [-0.15, -0.1) is 11.3 Å². The van der Waals surface area contributed by atoms with Gasteiger partial charge in [0.05, 0.1) is 4.88 Å². The molecule has 1 aliphatic heterocycles. The van der Waals surface area contributed by atoms with E-state index in [0.29, 0.717) is 37.0 Å². The molecule has 8 heteroatoms. The largest absolute Gasteiger partial charge is 0.342 e. The Kier molecular flexibility index (Phi) is 4.90. The minimum atomic E-state index is 0.134. The van der Waals surface area contributed by atoms with Crippen LogP contribution in [0.5, 0.6) is 0 Å². The number of likely N-dealkylation sites (tertiary alicyclic amines) is 1. The highest BCUT2D eigenvalue weighted by Gasteiger charge is 2.25. The maximum Gasteiger partial charge on any atom is 0.227 e. The number of amides is 1. The molecule has 1 saturated heterocycles. The molecular weight excluding hydrogens is 368 g/mol. The van der Waals surface area contributed by atoms with E-state index in [-0.39, 0.29) is 5.91 Å². The van der Waals surface area contributed by atoms with Crippen LogP contribution in [0, 0.1) is 5.92 Å². The Labute approximate surface area is 140 Å². The van der Waals surface area contributed by atoms with Crippen molar-refractivity contribution in [2.24, 2.45) is 11.7 Å². The predicted octanol–water partition coefficient (Wildman–Crippen LogP) is 2.30. The predicted molar refractivity (Wildman–Crippen MR) is 87.4 cm³/mol. The maximum absolute atomic E-state index is 12.2. The van der Waals surface area contributed by atoms with E-state index in [1.165, 1.54) is 0 Å². The van der Waals surface area contributed by atoms with Crippen molar-refractivity contribution < 1.29 is 9.32 Å². The summed E-state index contributed by atoms with van der Waals surface area (Å²) >= 11 is 4.94. The van der Waals surface area contributed by atoms with Gasteiger partial charge in [0.2, 0.25) is 17.6 Å². The molecule has 1 aliphatic rings. The molecule has 2 aromatic rings. The first-order valence-electron chi connectivity index (χ1n) is 7.20. The third-order valence-corrected chi connectivity index (χ3v) is 5.47. The minimum absolute atomic E-state index is 0.134. The zero-order valence-corrected chi connectivity index (χ0v) is 14.4. The van der Waals surface area contributed by atoms with E-state index in [1.807, 2.05) is 16.3 Å². The van der Waals surface area contributed by atoms with Gasteiger partial charge in [0, 0.05) is 35.8 Å². The number of hydrogen-bond donors (Lipinski definition) is 1. The molecule has 0 radical (unpaired) electrons. The number of rotatable bonds is 5. The normalized spacial score (nSPS) is 18.1. The molecular formula is C14H17BrN4O2S. The van der Waals surface area contributed by atoms with Gasteiger partial charge in [-0.25, -0.2) is 0 Å². The summed E-state index contributed by atoms with van der Waals surface area (Å²) in [7, 11) is 0. The molecule has 1 unspecified atom stereocenters. The summed E-state index contributed by atoms with van der Waals surface area (Å²) < 4.78 is 6.22. The number of aryl methyl sites for hydroxylation is 1. The zero-order valence-electron chi connectivity index (χ0n) is 12.0. The van der Waals surface area contributed by atoms with Gasteiger partial charge in [0.15, 0.2) is 0 Å². The molecule has 6 nitrogen and oxygen atoms in total. The average Bonchev–Trinajstić information content (AvgIpc) is 3.24. The molecule has 1 amide bonds. The standard InChI is InChI=1S/C14H17BrN4O2S/c15-10-5-11(22-8-10)14-17-12(21-18-14)1-2-13(20)19-4-3-9(6-16)7-19/h5,8-9H,1-4,6-7,16H2. The van der Waals surface area contributed by atoms with Crippen LogP contribution in [0.1, 0.15) is 18.7 Å². The molecule has 3 rings (SSSR count). The van der Waals surface area contributed by atoms with Crippen LogP contribution in [0.25, 0.3) is 10.7 Å². The van der Waals surface area contributed by atoms with Crippen molar-refractivity contribution in [3.05, 3.63) is 21.8 Å². The molecule has 2 N–H and O–H groups in total. The molecule has 0 aromatic carbocycles. The van der Waals surface area contributed by atoms with E-state index in [0.717, 1.165) is 28.9 Å². The summed E-state index contributed by atoms with van der Waals surface area (Å²) in [5, 5.41) is 5.93. The first-order valence-corrected chi connectivity index (χ1v) is 8.88. The number of aromatic nitrogens is 2. The quantitative estimate of drug-likeness (QED) is 0.854. The number of nitrogens with zero attached hydrogens (tertiary/aromatic N) is 3. The summed E-state index contributed by atoms with van der Waals surface area (Å²) in [6.45, 7) is 2.22. The topological polar surface area (TPSA) is 85.2 Å². The minimum Gasteiger partial charge on any atom is -0.342 e. The highest BCUT2D eigenvalue weighted by molar-refractivity contribution is 9.10. The average molecular weight is 385 g/mol. The van der Waals surface area contributed by atoms with E-state index >= 15 is 0 Å². The Balaban J connectivity index is 1.54. The van der Waals surface area contributed by atoms with Gasteiger partial charge >= 0.3 is 0 Å². The Morgan fingerprint density at radius 2 is 2.45 bits per heavy atom. The van der Waals surface area contributed by atoms with E-state index in [2.05, 4.69) is 26.1 Å². The highest BCUT2D eigenvalue weighted by Crippen LogP contribution is 2.27. The van der Waals surface area contributed by atoms with Crippen molar-refractivity contribution >= 4 is 33.2 Å². The van der Waals surface area contributed by atoms with Crippen LogP contribution in [0.4, 0.5) is 0 Å². The molecule has 0 bridgehead atoms. The van der Waals surface area contributed by atoms with Gasteiger partial charge in [-0.1, -0.05) is 5.16 Å². The highest BCUT2D eigenvalue weighted by atomic mass is 79.9. The lowest BCUT2D eigenvalue weighted by molar-refractivity contribution is -0.130. The van der Waals surface area contributed by atoms with Crippen molar-refractivity contribution in [1.82, 2.24) is 15.0 Å². The smallest absolute Gasteiger partial charge is 0.227 e. The van der Waals surface area contributed by atoms with Crippen LogP contribution in [0.2, 0.25) is 0 Å². The second kappa shape index (κ2) is 6.89. The van der Waals surface area contributed by atoms with Crippen LogP contribution in [0.3, 0.4) is 0 Å². The van der Waals surface area contributed by atoms with Crippen LogP contribution >= 0.6 is 27.3 Å². The maximum atomic E-state index is 12.2. The van der Waals surface area contributed by atoms with Crippen molar-refractivity contribution in [3.63, 3.8) is 0 Å². The van der Waals surface area contributed by atoms with Crippen LogP contribution in [0.15, 0.2) is 20.4 Å². The van der Waals surface area contributed by atoms with E-state index < -0.39 is 0 Å². The monoisotopic (exact) mass is 384 g/mol. The van der Waals surface area contributed by atoms with Gasteiger partial charge in [-0.2, -0.15) is 4.98 Å². The second-order valence-corrected chi connectivity index (χ2v) is 7.20. The number of hydrogen-bond acceptors (Lipinski definition) is 6. The third kappa shape index (κ3) is 3.56. The number of carbonyl (C=O) groups excluding carboxylic acids is 1. The Morgan fingerprint density at radius 3 is 3.14 bits per heavy atom. The zero-order chi connectivity index (χ0) is 15.5. The molecule has 0 saturated carbocycles. The first kappa shape index (κ1) is 15.6. The molecule has 0 spiro atoms. The van der Waals surface area contributed by atoms with Gasteiger partial charge in [0.1, 0.15) is 0 Å². The number of nitrogens with two attached hydrogens (primary N) is 1. The Bertz CT molecular complexity index is 657. The van der Waals surface area contributed by atoms with Crippen molar-refractivity contribution in [2.75, 3.05) is 19.6 Å². The lowest BCUT2D eigenvalue weighted by Gasteiger charge is -2.15. The van der Waals surface area contributed by atoms with Crippen LogP contribution < -0.4 is 5.73 Å². The summed E-state index contributed by atoms with van der Waals surface area (Å²) in [6, 6.07) is 1.95. The lowest BCUT2D eigenvalue weighted by atomic mass is 10.1. The third-order valence-electron chi connectivity index (χ3n) is 3.78. The molecule has 118 valence electrons. The van der Waals surface area contributed by atoms with E-state index in [9.17, 15) is 4.79 Å². The SMILES string of the molecule is NCC1CCN(C(=O)CCc2nc(-c3cc(Br)cs3)no2)C1. The molecule has 3 heterocycles. The summed E-state index contributed by atoms with van der Waals surface area (Å²) in [5.41, 5.74) is 5.65. The summed E-state index contributed by atoms with van der Waals surface area (Å²) in [5.74, 6) is 1.65. The first-order chi connectivity index (χ1) is 10.7. The fraction of sp³-hybridized carbons (Fsp3) is 0.500. The molecule has 1 atom stereocenters. The summed E-state index contributed by atoms with van der Waals surface area (Å²) in [4.78, 5) is 19.3. The van der Waals surface area contributed by atoms with Crippen molar-refractivity contribution in [2.45, 2.75) is 19.3 Å².